The number of hydrogen-bond donors (Lipinski definition) is 0. The van der Waals surface area contributed by atoms with Gasteiger partial charge in [-0.3, -0.25) is 9.48 Å². The van der Waals surface area contributed by atoms with Gasteiger partial charge in [0.1, 0.15) is 0 Å². The minimum atomic E-state index is 0.0919. The normalized spacial score (nSPS) is 10.4. The Kier molecular flexibility index (Phi) is 4.32. The Hall–Kier alpha value is -1.16. The predicted octanol–water partition coefficient (Wildman–Crippen LogP) is 1.51. The summed E-state index contributed by atoms with van der Waals surface area (Å²) in [6.45, 7) is 3.41. The molecule has 0 spiro atoms. The Morgan fingerprint density at radius 1 is 1.64 bits per heavy atom. The zero-order valence-electron chi connectivity index (χ0n) is 8.69. The molecule has 0 aliphatic carbocycles. The standard InChI is InChI=1S/C10H16N2O2/c1-3-5-12-8-9(7-11-12)10(13)4-6-14-2/h7-8H,3-6H2,1-2H3. The van der Waals surface area contributed by atoms with Crippen molar-refractivity contribution in [2.24, 2.45) is 0 Å². The number of methoxy groups -OCH3 is 1. The Bertz CT molecular complexity index is 294. The lowest BCUT2D eigenvalue weighted by Crippen LogP contribution is -2.02. The summed E-state index contributed by atoms with van der Waals surface area (Å²) in [4.78, 5) is 11.5. The number of aryl methyl sites for hydroxylation is 1. The first-order valence-corrected chi connectivity index (χ1v) is 4.82. The highest BCUT2D eigenvalue weighted by atomic mass is 16.5. The molecule has 0 unspecified atom stereocenters. The van der Waals surface area contributed by atoms with Crippen molar-refractivity contribution in [1.82, 2.24) is 9.78 Å². The van der Waals surface area contributed by atoms with E-state index in [2.05, 4.69) is 12.0 Å². The molecule has 4 nitrogen and oxygen atoms in total. The maximum Gasteiger partial charge on any atom is 0.168 e. The molecule has 1 aromatic heterocycles. The molecular formula is C10H16N2O2. The van der Waals surface area contributed by atoms with E-state index in [4.69, 9.17) is 4.74 Å². The summed E-state index contributed by atoms with van der Waals surface area (Å²) in [6.07, 6.45) is 4.86. The van der Waals surface area contributed by atoms with Crippen molar-refractivity contribution in [1.29, 1.82) is 0 Å². The first-order chi connectivity index (χ1) is 6.77. The fraction of sp³-hybridized carbons (Fsp3) is 0.600. The predicted molar refractivity (Wildman–Crippen MR) is 53.3 cm³/mol. The molecular weight excluding hydrogens is 180 g/mol. The van der Waals surface area contributed by atoms with Gasteiger partial charge in [0.05, 0.1) is 18.4 Å². The first-order valence-electron chi connectivity index (χ1n) is 4.82. The van der Waals surface area contributed by atoms with Gasteiger partial charge in [0.25, 0.3) is 0 Å². The zero-order chi connectivity index (χ0) is 10.4. The van der Waals surface area contributed by atoms with Crippen molar-refractivity contribution in [3.05, 3.63) is 18.0 Å². The van der Waals surface area contributed by atoms with E-state index in [1.165, 1.54) is 0 Å². The lowest BCUT2D eigenvalue weighted by atomic mass is 10.2. The average Bonchev–Trinajstić information content (AvgIpc) is 2.63. The van der Waals surface area contributed by atoms with Gasteiger partial charge in [0, 0.05) is 26.3 Å². The van der Waals surface area contributed by atoms with Gasteiger partial charge in [-0.2, -0.15) is 5.10 Å². The van der Waals surface area contributed by atoms with E-state index in [0.29, 0.717) is 18.6 Å². The van der Waals surface area contributed by atoms with E-state index in [-0.39, 0.29) is 5.78 Å². The third-order valence-corrected chi connectivity index (χ3v) is 1.94. The summed E-state index contributed by atoms with van der Waals surface area (Å²) in [7, 11) is 1.59. The lowest BCUT2D eigenvalue weighted by molar-refractivity contribution is 0.0932. The number of carbonyl (C=O) groups is 1. The van der Waals surface area contributed by atoms with Gasteiger partial charge in [0.2, 0.25) is 0 Å². The molecule has 1 rings (SSSR count). The van der Waals surface area contributed by atoms with Crippen molar-refractivity contribution in [3.8, 4) is 0 Å². The van der Waals surface area contributed by atoms with Crippen LogP contribution in [-0.2, 0) is 11.3 Å². The smallest absolute Gasteiger partial charge is 0.168 e. The molecule has 14 heavy (non-hydrogen) atoms. The molecule has 0 fully saturated rings. The van der Waals surface area contributed by atoms with Crippen LogP contribution in [0.2, 0.25) is 0 Å². The van der Waals surface area contributed by atoms with Gasteiger partial charge >= 0.3 is 0 Å². The number of carbonyl (C=O) groups excluding carboxylic acids is 1. The van der Waals surface area contributed by atoms with E-state index in [1.807, 2.05) is 0 Å². The summed E-state index contributed by atoms with van der Waals surface area (Å²) >= 11 is 0. The highest BCUT2D eigenvalue weighted by molar-refractivity contribution is 5.95. The number of Topliss-reactive ketones (excluding diaryl/α,β-unsaturated/α-hetero) is 1. The van der Waals surface area contributed by atoms with Crippen LogP contribution < -0.4 is 0 Å². The summed E-state index contributed by atoms with van der Waals surface area (Å²) in [6, 6.07) is 0. The maximum absolute atomic E-state index is 11.5. The van der Waals surface area contributed by atoms with Crippen LogP contribution in [0.15, 0.2) is 12.4 Å². The second-order valence-corrected chi connectivity index (χ2v) is 3.16. The van der Waals surface area contributed by atoms with Gasteiger partial charge in [-0.1, -0.05) is 6.92 Å². The maximum atomic E-state index is 11.5. The number of ketones is 1. The number of nitrogens with zero attached hydrogens (tertiary/aromatic N) is 2. The minimum absolute atomic E-state index is 0.0919. The summed E-state index contributed by atoms with van der Waals surface area (Å²) in [5.74, 6) is 0.0919. The molecule has 0 aliphatic rings. The van der Waals surface area contributed by atoms with E-state index >= 15 is 0 Å². The topological polar surface area (TPSA) is 44.1 Å². The molecule has 0 aliphatic heterocycles. The third kappa shape index (κ3) is 2.96. The molecule has 4 heteroatoms. The van der Waals surface area contributed by atoms with Crippen LogP contribution in [0.4, 0.5) is 0 Å². The molecule has 1 heterocycles. The number of rotatable bonds is 6. The van der Waals surface area contributed by atoms with Crippen LogP contribution in [0.1, 0.15) is 30.1 Å². The third-order valence-electron chi connectivity index (χ3n) is 1.94. The van der Waals surface area contributed by atoms with E-state index in [0.717, 1.165) is 13.0 Å². The van der Waals surface area contributed by atoms with E-state index in [1.54, 1.807) is 24.2 Å². The Balaban J connectivity index is 2.53. The van der Waals surface area contributed by atoms with Crippen LogP contribution in [-0.4, -0.2) is 29.3 Å². The van der Waals surface area contributed by atoms with Crippen LogP contribution in [0.25, 0.3) is 0 Å². The molecule has 1 aromatic rings. The summed E-state index contributed by atoms with van der Waals surface area (Å²) < 4.78 is 6.63. The molecule has 0 atom stereocenters. The molecule has 0 amide bonds. The van der Waals surface area contributed by atoms with Crippen molar-refractivity contribution < 1.29 is 9.53 Å². The van der Waals surface area contributed by atoms with Crippen molar-refractivity contribution in [2.75, 3.05) is 13.7 Å². The second kappa shape index (κ2) is 5.54. The van der Waals surface area contributed by atoms with Crippen molar-refractivity contribution in [3.63, 3.8) is 0 Å². The number of ether oxygens (including phenoxy) is 1. The molecule has 0 radical (unpaired) electrons. The fourth-order valence-corrected chi connectivity index (χ4v) is 1.20. The summed E-state index contributed by atoms with van der Waals surface area (Å²) in [5, 5.41) is 4.09. The highest BCUT2D eigenvalue weighted by Gasteiger charge is 2.07. The van der Waals surface area contributed by atoms with Crippen LogP contribution >= 0.6 is 0 Å². The molecule has 0 saturated carbocycles. The van der Waals surface area contributed by atoms with Gasteiger partial charge in [-0.25, -0.2) is 0 Å². The molecule has 0 bridgehead atoms. The molecule has 0 N–H and O–H groups in total. The molecule has 0 aromatic carbocycles. The SMILES string of the molecule is CCCn1cc(C(=O)CCOC)cn1. The Morgan fingerprint density at radius 3 is 3.07 bits per heavy atom. The van der Waals surface area contributed by atoms with Gasteiger partial charge in [0.15, 0.2) is 5.78 Å². The van der Waals surface area contributed by atoms with Crippen LogP contribution in [0.3, 0.4) is 0 Å². The van der Waals surface area contributed by atoms with Crippen LogP contribution in [0.5, 0.6) is 0 Å². The largest absolute Gasteiger partial charge is 0.384 e. The average molecular weight is 196 g/mol. The van der Waals surface area contributed by atoms with Gasteiger partial charge < -0.3 is 4.74 Å². The van der Waals surface area contributed by atoms with Crippen molar-refractivity contribution in [2.45, 2.75) is 26.3 Å². The van der Waals surface area contributed by atoms with Gasteiger partial charge in [-0.15, -0.1) is 0 Å². The monoisotopic (exact) mass is 196 g/mol. The Labute approximate surface area is 83.9 Å². The van der Waals surface area contributed by atoms with E-state index in [9.17, 15) is 4.79 Å². The second-order valence-electron chi connectivity index (χ2n) is 3.16. The minimum Gasteiger partial charge on any atom is -0.384 e. The fourth-order valence-electron chi connectivity index (χ4n) is 1.20. The lowest BCUT2D eigenvalue weighted by Gasteiger charge is -1.96. The molecule has 0 saturated heterocycles. The van der Waals surface area contributed by atoms with Gasteiger partial charge in [-0.05, 0) is 6.42 Å². The van der Waals surface area contributed by atoms with E-state index < -0.39 is 0 Å². The van der Waals surface area contributed by atoms with Crippen LogP contribution in [0, 0.1) is 0 Å². The summed E-state index contributed by atoms with van der Waals surface area (Å²) in [5.41, 5.74) is 0.676. The Morgan fingerprint density at radius 2 is 2.43 bits per heavy atom. The number of aromatic nitrogens is 2. The number of hydrogen-bond acceptors (Lipinski definition) is 3. The zero-order valence-corrected chi connectivity index (χ0v) is 8.69. The molecule has 78 valence electrons. The quantitative estimate of drug-likeness (QED) is 0.648. The van der Waals surface area contributed by atoms with Crippen molar-refractivity contribution >= 4 is 5.78 Å². The highest BCUT2D eigenvalue weighted by Crippen LogP contribution is 2.02. The first kappa shape index (κ1) is 10.9.